The highest BCUT2D eigenvalue weighted by atomic mass is 79.9. The van der Waals surface area contributed by atoms with Crippen LogP contribution >= 0.6 is 15.9 Å². The molecule has 2 rings (SSSR count). The van der Waals surface area contributed by atoms with Crippen LogP contribution in [0, 0.1) is 0 Å². The minimum atomic E-state index is -0.513. The van der Waals surface area contributed by atoms with Crippen molar-refractivity contribution in [2.45, 2.75) is 25.0 Å². The summed E-state index contributed by atoms with van der Waals surface area (Å²) in [6.45, 7) is 2.41. The second-order valence-corrected chi connectivity index (χ2v) is 5.66. The van der Waals surface area contributed by atoms with Crippen molar-refractivity contribution in [3.8, 4) is 5.75 Å². The van der Waals surface area contributed by atoms with E-state index in [4.69, 9.17) is 9.47 Å². The Labute approximate surface area is 122 Å². The third kappa shape index (κ3) is 5.48. The second-order valence-electron chi connectivity index (χ2n) is 4.74. The highest BCUT2D eigenvalue weighted by molar-refractivity contribution is 9.10. The molecule has 19 heavy (non-hydrogen) atoms. The van der Waals surface area contributed by atoms with Gasteiger partial charge in [0.25, 0.3) is 0 Å². The van der Waals surface area contributed by atoms with Crippen LogP contribution in [0.15, 0.2) is 28.7 Å². The summed E-state index contributed by atoms with van der Waals surface area (Å²) in [4.78, 5) is 0. The van der Waals surface area contributed by atoms with Crippen LogP contribution in [0.5, 0.6) is 5.75 Å². The number of ether oxygens (including phenoxy) is 2. The molecule has 0 aliphatic carbocycles. The van der Waals surface area contributed by atoms with Crippen LogP contribution in [-0.2, 0) is 4.74 Å². The van der Waals surface area contributed by atoms with Gasteiger partial charge in [-0.3, -0.25) is 0 Å². The average Bonchev–Trinajstić information content (AvgIpc) is 2.44. The molecule has 2 N–H and O–H groups in total. The van der Waals surface area contributed by atoms with Gasteiger partial charge in [-0.15, -0.1) is 0 Å². The summed E-state index contributed by atoms with van der Waals surface area (Å²) in [6, 6.07) is 7.96. The van der Waals surface area contributed by atoms with E-state index < -0.39 is 6.10 Å². The van der Waals surface area contributed by atoms with Crippen LogP contribution in [0.2, 0.25) is 0 Å². The topological polar surface area (TPSA) is 50.7 Å². The van der Waals surface area contributed by atoms with Crippen molar-refractivity contribution in [3.05, 3.63) is 28.7 Å². The van der Waals surface area contributed by atoms with Gasteiger partial charge in [0.05, 0.1) is 6.61 Å². The Balaban J connectivity index is 1.65. The number of rotatable bonds is 6. The molecular formula is C14H20BrNO3. The molecule has 1 heterocycles. The minimum Gasteiger partial charge on any atom is -0.491 e. The maximum absolute atomic E-state index is 9.87. The molecule has 0 aromatic heterocycles. The number of aliphatic hydroxyl groups excluding tert-OH is 1. The van der Waals surface area contributed by atoms with Crippen LogP contribution in [0.3, 0.4) is 0 Å². The number of aliphatic hydroxyl groups is 1. The first-order valence-corrected chi connectivity index (χ1v) is 7.41. The highest BCUT2D eigenvalue weighted by Crippen LogP contribution is 2.17. The molecule has 0 amide bonds. The highest BCUT2D eigenvalue weighted by Gasteiger charge is 2.14. The molecule has 1 aromatic rings. The normalized spacial score (nSPS) is 21.1. The fourth-order valence-corrected chi connectivity index (χ4v) is 2.39. The summed E-state index contributed by atoms with van der Waals surface area (Å²) in [5.74, 6) is 0.759. The van der Waals surface area contributed by atoms with Crippen molar-refractivity contribution in [2.24, 2.45) is 0 Å². The van der Waals surface area contributed by atoms with Gasteiger partial charge in [0.2, 0.25) is 0 Å². The maximum Gasteiger partial charge on any atom is 0.120 e. The molecule has 4 nitrogen and oxygen atoms in total. The fraction of sp³-hybridized carbons (Fsp3) is 0.571. The predicted molar refractivity (Wildman–Crippen MR) is 77.5 cm³/mol. The zero-order valence-corrected chi connectivity index (χ0v) is 12.4. The van der Waals surface area contributed by atoms with Gasteiger partial charge < -0.3 is 19.9 Å². The van der Waals surface area contributed by atoms with E-state index in [0.717, 1.165) is 36.3 Å². The van der Waals surface area contributed by atoms with E-state index in [1.54, 1.807) is 0 Å². The van der Waals surface area contributed by atoms with Crippen molar-refractivity contribution < 1.29 is 14.6 Å². The summed E-state index contributed by atoms with van der Waals surface area (Å²) in [5.41, 5.74) is 0. The van der Waals surface area contributed by atoms with Crippen LogP contribution in [-0.4, -0.2) is 43.6 Å². The number of halogens is 1. The fourth-order valence-electron chi connectivity index (χ4n) is 2.01. The molecule has 1 aromatic carbocycles. The Hall–Kier alpha value is -0.620. The number of hydrogen-bond donors (Lipinski definition) is 2. The zero-order valence-electron chi connectivity index (χ0n) is 10.8. The molecule has 0 bridgehead atoms. The molecule has 0 spiro atoms. The first kappa shape index (κ1) is 14.8. The van der Waals surface area contributed by atoms with Crippen LogP contribution in [0.1, 0.15) is 12.8 Å². The van der Waals surface area contributed by atoms with E-state index >= 15 is 0 Å². The molecular weight excluding hydrogens is 310 g/mol. The standard InChI is InChI=1S/C14H20BrNO3/c15-11-3-1-5-14(7-11)19-10-13(17)8-16-12-4-2-6-18-9-12/h1,3,5,7,12-13,16-17H,2,4,6,8-10H2. The van der Waals surface area contributed by atoms with Gasteiger partial charge in [0.1, 0.15) is 18.5 Å². The first-order valence-electron chi connectivity index (χ1n) is 6.61. The number of hydrogen-bond acceptors (Lipinski definition) is 4. The molecule has 1 fully saturated rings. The van der Waals surface area contributed by atoms with E-state index in [2.05, 4.69) is 21.2 Å². The van der Waals surface area contributed by atoms with Crippen molar-refractivity contribution in [2.75, 3.05) is 26.4 Å². The summed E-state index contributed by atoms with van der Waals surface area (Å²) < 4.78 is 11.9. The third-order valence-corrected chi connectivity index (χ3v) is 3.53. The molecule has 106 valence electrons. The molecule has 0 saturated carbocycles. The lowest BCUT2D eigenvalue weighted by Gasteiger charge is -2.24. The van der Waals surface area contributed by atoms with Gasteiger partial charge >= 0.3 is 0 Å². The van der Waals surface area contributed by atoms with E-state index in [9.17, 15) is 5.11 Å². The summed E-state index contributed by atoms with van der Waals surface area (Å²) in [7, 11) is 0. The number of nitrogens with one attached hydrogen (secondary N) is 1. The van der Waals surface area contributed by atoms with Crippen LogP contribution in [0.4, 0.5) is 0 Å². The molecule has 1 saturated heterocycles. The molecule has 2 atom stereocenters. The van der Waals surface area contributed by atoms with Gasteiger partial charge in [-0.25, -0.2) is 0 Å². The summed E-state index contributed by atoms with van der Waals surface area (Å²) in [5, 5.41) is 13.2. The molecule has 1 aliphatic rings. The molecule has 1 aliphatic heterocycles. The SMILES string of the molecule is OC(CNC1CCCOC1)COc1cccc(Br)c1. The third-order valence-electron chi connectivity index (χ3n) is 3.04. The zero-order chi connectivity index (χ0) is 13.5. The van der Waals surface area contributed by atoms with Crippen molar-refractivity contribution in [1.29, 1.82) is 0 Å². The van der Waals surface area contributed by atoms with E-state index in [1.165, 1.54) is 0 Å². The maximum atomic E-state index is 9.87. The molecule has 0 radical (unpaired) electrons. The van der Waals surface area contributed by atoms with E-state index in [-0.39, 0.29) is 6.61 Å². The average molecular weight is 330 g/mol. The van der Waals surface area contributed by atoms with Crippen LogP contribution < -0.4 is 10.1 Å². The van der Waals surface area contributed by atoms with E-state index in [0.29, 0.717) is 12.6 Å². The quantitative estimate of drug-likeness (QED) is 0.837. The number of benzene rings is 1. The Bertz CT molecular complexity index is 383. The lowest BCUT2D eigenvalue weighted by molar-refractivity contribution is 0.0572. The van der Waals surface area contributed by atoms with Gasteiger partial charge in [0, 0.05) is 23.7 Å². The van der Waals surface area contributed by atoms with Gasteiger partial charge in [-0.1, -0.05) is 22.0 Å². The first-order chi connectivity index (χ1) is 9.24. The Kier molecular flexibility index (Phi) is 6.10. The van der Waals surface area contributed by atoms with Crippen LogP contribution in [0.25, 0.3) is 0 Å². The summed E-state index contributed by atoms with van der Waals surface area (Å²) >= 11 is 3.38. The Morgan fingerprint density at radius 2 is 2.42 bits per heavy atom. The minimum absolute atomic E-state index is 0.289. The van der Waals surface area contributed by atoms with E-state index in [1.807, 2.05) is 24.3 Å². The van der Waals surface area contributed by atoms with Crippen molar-refractivity contribution >= 4 is 15.9 Å². The smallest absolute Gasteiger partial charge is 0.120 e. The predicted octanol–water partition coefficient (Wildman–Crippen LogP) is 1.96. The van der Waals surface area contributed by atoms with Gasteiger partial charge in [-0.05, 0) is 31.0 Å². The molecule has 2 unspecified atom stereocenters. The Morgan fingerprint density at radius 3 is 3.16 bits per heavy atom. The van der Waals surface area contributed by atoms with Crippen molar-refractivity contribution in [1.82, 2.24) is 5.32 Å². The lowest BCUT2D eigenvalue weighted by atomic mass is 10.1. The lowest BCUT2D eigenvalue weighted by Crippen LogP contribution is -2.42. The van der Waals surface area contributed by atoms with Gasteiger partial charge in [0.15, 0.2) is 0 Å². The largest absolute Gasteiger partial charge is 0.491 e. The summed E-state index contributed by atoms with van der Waals surface area (Å²) in [6.07, 6.45) is 1.68. The van der Waals surface area contributed by atoms with Gasteiger partial charge in [-0.2, -0.15) is 0 Å². The van der Waals surface area contributed by atoms with Crippen molar-refractivity contribution in [3.63, 3.8) is 0 Å². The second kappa shape index (κ2) is 7.85. The Morgan fingerprint density at radius 1 is 1.53 bits per heavy atom. The monoisotopic (exact) mass is 329 g/mol. The molecule has 5 heteroatoms.